The molecule has 2 aromatic carbocycles. The Balaban J connectivity index is 1.84. The number of carbonyl (C=O) groups is 2. The first-order chi connectivity index (χ1) is 18.3. The Morgan fingerprint density at radius 1 is 0.947 bits per heavy atom. The van der Waals surface area contributed by atoms with Gasteiger partial charge in [-0.2, -0.15) is 0 Å². The highest BCUT2D eigenvalue weighted by atomic mass is 79.9. The molecule has 202 valence electrons. The molecule has 1 aliphatic carbocycles. The van der Waals surface area contributed by atoms with Gasteiger partial charge in [0.1, 0.15) is 5.92 Å². The molecule has 1 aliphatic heterocycles. The topological polar surface area (TPSA) is 92.7 Å². The van der Waals surface area contributed by atoms with Gasteiger partial charge in [-0.25, -0.2) is 0 Å². The van der Waals surface area contributed by atoms with Crippen molar-refractivity contribution in [2.75, 3.05) is 35.0 Å². The van der Waals surface area contributed by atoms with Crippen LogP contribution >= 0.6 is 15.9 Å². The maximum absolute atomic E-state index is 13.9. The summed E-state index contributed by atoms with van der Waals surface area (Å²) in [5.41, 5.74) is 3.53. The lowest BCUT2D eigenvalue weighted by Crippen LogP contribution is -2.38. The Labute approximate surface area is 231 Å². The number of Topliss-reactive ketones (excluding diaryl/α,β-unsaturated/α-hetero) is 1. The smallest absolute Gasteiger partial charge is 0.315 e. The van der Waals surface area contributed by atoms with E-state index in [1.54, 1.807) is 41.4 Å². The van der Waals surface area contributed by atoms with E-state index in [9.17, 15) is 9.59 Å². The molecular weight excluding hydrogens is 554 g/mol. The van der Waals surface area contributed by atoms with Crippen LogP contribution in [-0.4, -0.2) is 52.5 Å². The number of hydrogen-bond acceptors (Lipinski definition) is 8. The van der Waals surface area contributed by atoms with Crippen molar-refractivity contribution in [1.82, 2.24) is 0 Å². The van der Waals surface area contributed by atoms with Gasteiger partial charge in [0.15, 0.2) is 28.8 Å². The van der Waals surface area contributed by atoms with Gasteiger partial charge >= 0.3 is 5.97 Å². The van der Waals surface area contributed by atoms with Crippen LogP contribution in [0, 0.1) is 5.92 Å². The van der Waals surface area contributed by atoms with Gasteiger partial charge in [0.25, 0.3) is 0 Å². The zero-order chi connectivity index (χ0) is 27.6. The fraction of sp³-hybridized carbons (Fsp3) is 0.414. The van der Waals surface area contributed by atoms with Gasteiger partial charge < -0.3 is 23.7 Å². The molecule has 4 rings (SSSR count). The van der Waals surface area contributed by atoms with Crippen LogP contribution in [0.4, 0.5) is 0 Å². The highest BCUT2D eigenvalue weighted by molar-refractivity contribution is 9.10. The zero-order valence-corrected chi connectivity index (χ0v) is 24.0. The Hall–Kier alpha value is -3.33. The fourth-order valence-electron chi connectivity index (χ4n) is 5.38. The number of carbonyl (C=O) groups excluding carboxylic acids is 2. The van der Waals surface area contributed by atoms with Crippen LogP contribution < -0.4 is 18.9 Å². The van der Waals surface area contributed by atoms with Crippen molar-refractivity contribution in [3.63, 3.8) is 0 Å². The van der Waals surface area contributed by atoms with Crippen molar-refractivity contribution in [1.29, 1.82) is 0 Å². The molecule has 0 fully saturated rings. The van der Waals surface area contributed by atoms with E-state index in [1.165, 1.54) is 0 Å². The molecule has 0 radical (unpaired) electrons. The fourth-order valence-corrected chi connectivity index (χ4v) is 5.95. The SMILES string of the molecule is CCOC(=O)C1C(C)=NC2=C(C(=O)C[C@H](c3ccc(OC)c(OC)c3)C2)[C@H]1c1cc(OC)c(OC)cc1Br. The number of halogens is 1. The molecule has 1 unspecified atom stereocenters. The third kappa shape index (κ3) is 5.04. The second kappa shape index (κ2) is 11.6. The van der Waals surface area contributed by atoms with Crippen LogP contribution in [0.1, 0.15) is 49.7 Å². The first-order valence-corrected chi connectivity index (χ1v) is 13.2. The van der Waals surface area contributed by atoms with E-state index in [2.05, 4.69) is 15.9 Å². The number of hydrogen-bond donors (Lipinski definition) is 0. The number of ether oxygens (including phenoxy) is 5. The number of aliphatic imine (C=N–C) groups is 1. The zero-order valence-electron chi connectivity index (χ0n) is 22.4. The summed E-state index contributed by atoms with van der Waals surface area (Å²) in [5.74, 6) is 0.378. The molecule has 2 aliphatic rings. The van der Waals surface area contributed by atoms with Gasteiger partial charge in [-0.05, 0) is 61.6 Å². The molecule has 0 saturated heterocycles. The van der Waals surface area contributed by atoms with E-state index in [0.29, 0.717) is 50.9 Å². The van der Waals surface area contributed by atoms with Gasteiger partial charge in [-0.1, -0.05) is 22.0 Å². The van der Waals surface area contributed by atoms with E-state index in [0.717, 1.165) is 11.1 Å². The van der Waals surface area contributed by atoms with Crippen molar-refractivity contribution in [2.45, 2.75) is 38.5 Å². The Bertz CT molecular complexity index is 1320. The molecule has 38 heavy (non-hydrogen) atoms. The van der Waals surface area contributed by atoms with Gasteiger partial charge in [-0.3, -0.25) is 14.6 Å². The average Bonchev–Trinajstić information content (AvgIpc) is 2.91. The number of nitrogens with zero attached hydrogens (tertiary/aromatic N) is 1. The summed E-state index contributed by atoms with van der Waals surface area (Å²) >= 11 is 3.65. The molecule has 9 heteroatoms. The normalized spacial score (nSPS) is 20.9. The van der Waals surface area contributed by atoms with Gasteiger partial charge in [0, 0.05) is 33.8 Å². The third-order valence-electron chi connectivity index (χ3n) is 7.15. The molecule has 0 bridgehead atoms. The number of allylic oxidation sites excluding steroid dienone is 2. The quantitative estimate of drug-likeness (QED) is 0.371. The minimum Gasteiger partial charge on any atom is -0.493 e. The summed E-state index contributed by atoms with van der Waals surface area (Å²) in [6, 6.07) is 9.31. The van der Waals surface area contributed by atoms with Crippen LogP contribution in [0.25, 0.3) is 0 Å². The molecular formula is C29H32BrNO7. The largest absolute Gasteiger partial charge is 0.493 e. The summed E-state index contributed by atoms with van der Waals surface area (Å²) in [6.45, 7) is 3.81. The monoisotopic (exact) mass is 585 g/mol. The minimum absolute atomic E-state index is 0.0525. The lowest BCUT2D eigenvalue weighted by Gasteiger charge is -2.37. The molecule has 0 amide bonds. The first kappa shape index (κ1) is 27.7. The highest BCUT2D eigenvalue weighted by Gasteiger charge is 2.45. The summed E-state index contributed by atoms with van der Waals surface area (Å²) in [7, 11) is 6.29. The lowest BCUT2D eigenvalue weighted by atomic mass is 9.69. The third-order valence-corrected chi connectivity index (χ3v) is 7.83. The van der Waals surface area contributed by atoms with Crippen molar-refractivity contribution < 1.29 is 33.3 Å². The molecule has 0 spiro atoms. The van der Waals surface area contributed by atoms with Crippen LogP contribution in [0.3, 0.4) is 0 Å². The number of benzene rings is 2. The molecule has 0 aromatic heterocycles. The minimum atomic E-state index is -0.746. The predicted octanol–water partition coefficient (Wildman–Crippen LogP) is 5.62. The van der Waals surface area contributed by atoms with Crippen LogP contribution in [0.15, 0.2) is 51.1 Å². The lowest BCUT2D eigenvalue weighted by molar-refractivity contribution is -0.146. The summed E-state index contributed by atoms with van der Waals surface area (Å²) < 4.78 is 28.0. The van der Waals surface area contributed by atoms with Crippen LogP contribution in [-0.2, 0) is 14.3 Å². The maximum atomic E-state index is 13.9. The molecule has 1 heterocycles. The molecule has 8 nitrogen and oxygen atoms in total. The van der Waals surface area contributed by atoms with Gasteiger partial charge in [0.05, 0.1) is 35.0 Å². The Morgan fingerprint density at radius 2 is 1.58 bits per heavy atom. The summed E-state index contributed by atoms with van der Waals surface area (Å²) in [4.78, 5) is 32.0. The first-order valence-electron chi connectivity index (χ1n) is 12.4. The van der Waals surface area contributed by atoms with Crippen molar-refractivity contribution >= 4 is 33.4 Å². The van der Waals surface area contributed by atoms with E-state index >= 15 is 0 Å². The Morgan fingerprint density at radius 3 is 2.21 bits per heavy atom. The molecule has 2 aromatic rings. The summed E-state index contributed by atoms with van der Waals surface area (Å²) in [5, 5.41) is 0. The second-order valence-corrected chi connectivity index (χ2v) is 10.0. The van der Waals surface area contributed by atoms with E-state index in [-0.39, 0.29) is 24.7 Å². The average molecular weight is 586 g/mol. The number of methoxy groups -OCH3 is 4. The number of esters is 1. The van der Waals surface area contributed by atoms with E-state index < -0.39 is 17.8 Å². The van der Waals surface area contributed by atoms with Crippen molar-refractivity contribution in [3.8, 4) is 23.0 Å². The van der Waals surface area contributed by atoms with Crippen molar-refractivity contribution in [3.05, 3.63) is 57.2 Å². The predicted molar refractivity (Wildman–Crippen MR) is 147 cm³/mol. The van der Waals surface area contributed by atoms with Gasteiger partial charge in [0.2, 0.25) is 0 Å². The Kier molecular flexibility index (Phi) is 8.45. The number of rotatable bonds is 8. The van der Waals surface area contributed by atoms with Crippen LogP contribution in [0.2, 0.25) is 0 Å². The van der Waals surface area contributed by atoms with E-state index in [1.807, 2.05) is 31.2 Å². The number of ketones is 1. The second-order valence-electron chi connectivity index (χ2n) is 9.19. The van der Waals surface area contributed by atoms with Gasteiger partial charge in [-0.15, -0.1) is 0 Å². The van der Waals surface area contributed by atoms with Crippen LogP contribution in [0.5, 0.6) is 23.0 Å². The maximum Gasteiger partial charge on any atom is 0.315 e. The van der Waals surface area contributed by atoms with Crippen molar-refractivity contribution in [2.24, 2.45) is 10.9 Å². The highest BCUT2D eigenvalue weighted by Crippen LogP contribution is 2.50. The summed E-state index contributed by atoms with van der Waals surface area (Å²) in [6.07, 6.45) is 0.824. The van der Waals surface area contributed by atoms with E-state index in [4.69, 9.17) is 28.7 Å². The standard InChI is InChI=1S/C29H32BrNO7/c1-7-38-29(33)26-15(2)31-20-10-17(16-8-9-22(34-3)23(12-16)35-4)11-21(32)28(20)27(26)18-13-24(36-5)25(37-6)14-19(18)30/h8-9,12-14,17,26-27H,7,10-11H2,1-6H3/t17-,26?,27+/m1/s1. The molecule has 0 saturated carbocycles. The molecule has 0 N–H and O–H groups in total. The molecule has 3 atom stereocenters.